The second-order valence-electron chi connectivity index (χ2n) is 11.3. The summed E-state index contributed by atoms with van der Waals surface area (Å²) in [5.74, 6) is -0.948. The molecular weight excluding hydrogens is 518 g/mol. The van der Waals surface area contributed by atoms with Crippen LogP contribution in [0.2, 0.25) is 0 Å². The summed E-state index contributed by atoms with van der Waals surface area (Å²) in [4.78, 5) is 42.0. The highest BCUT2D eigenvalue weighted by atomic mass is 16.6. The highest BCUT2D eigenvalue weighted by molar-refractivity contribution is 6.00. The van der Waals surface area contributed by atoms with Crippen LogP contribution in [0.3, 0.4) is 0 Å². The van der Waals surface area contributed by atoms with Crippen LogP contribution >= 0.6 is 0 Å². The average molecular weight is 562 g/mol. The molecule has 0 bridgehead atoms. The number of nitrogens with one attached hydrogen (secondary N) is 2. The van der Waals surface area contributed by atoms with Crippen LogP contribution in [0, 0.1) is 6.92 Å². The number of aryl methyl sites for hydroxylation is 1. The van der Waals surface area contributed by atoms with Gasteiger partial charge in [0, 0.05) is 12.2 Å². The van der Waals surface area contributed by atoms with E-state index >= 15 is 0 Å². The number of benzene rings is 3. The predicted octanol–water partition coefficient (Wildman–Crippen LogP) is 6.12. The third-order valence-corrected chi connectivity index (χ3v) is 6.68. The van der Waals surface area contributed by atoms with Gasteiger partial charge in [-0.05, 0) is 62.6 Å². The molecule has 0 aromatic heterocycles. The molecule has 3 aromatic carbocycles. The fourth-order valence-corrected chi connectivity index (χ4v) is 4.61. The molecule has 0 aliphatic rings. The summed E-state index contributed by atoms with van der Waals surface area (Å²) < 4.78 is 5.32. The number of amides is 3. The topological polar surface area (TPSA) is 108 Å². The van der Waals surface area contributed by atoms with E-state index < -0.39 is 36.3 Å². The average Bonchev–Trinajstić information content (AvgIpc) is 2.92. The minimum atomic E-state index is -1.28. The van der Waals surface area contributed by atoms with Crippen molar-refractivity contribution in [1.29, 1.82) is 0 Å². The van der Waals surface area contributed by atoms with Gasteiger partial charge in [-0.2, -0.15) is 0 Å². The predicted molar refractivity (Wildman–Crippen MR) is 163 cm³/mol. The number of hydrogen-bond acceptors (Lipinski definition) is 5. The van der Waals surface area contributed by atoms with Crippen molar-refractivity contribution in [2.75, 3.05) is 18.5 Å². The largest absolute Gasteiger partial charge is 0.444 e. The first-order valence-corrected chi connectivity index (χ1v) is 14.3. The van der Waals surface area contributed by atoms with Crippen molar-refractivity contribution in [2.45, 2.75) is 78.0 Å². The normalized spacial score (nSPS) is 12.8. The molecule has 8 nitrogen and oxygen atoms in total. The smallest absolute Gasteiger partial charge is 0.408 e. The van der Waals surface area contributed by atoms with Crippen LogP contribution in [-0.4, -0.2) is 52.7 Å². The molecule has 0 spiro atoms. The van der Waals surface area contributed by atoms with E-state index in [1.165, 1.54) is 4.90 Å². The Balaban J connectivity index is 1.98. The van der Waals surface area contributed by atoms with Gasteiger partial charge in [-0.3, -0.25) is 9.59 Å². The van der Waals surface area contributed by atoms with Crippen molar-refractivity contribution in [3.63, 3.8) is 0 Å². The highest BCUT2D eigenvalue weighted by Gasteiger charge is 2.36. The molecule has 0 fully saturated rings. The maximum atomic E-state index is 14.0. The molecule has 0 saturated heterocycles. The van der Waals surface area contributed by atoms with Crippen LogP contribution in [-0.2, 0) is 14.3 Å². The monoisotopic (exact) mass is 561 g/mol. The Morgan fingerprint density at radius 2 is 1.61 bits per heavy atom. The number of alkyl carbamates (subject to hydrolysis) is 1. The lowest BCUT2D eigenvalue weighted by Gasteiger charge is -2.34. The van der Waals surface area contributed by atoms with Gasteiger partial charge in [-0.1, -0.05) is 86.3 Å². The van der Waals surface area contributed by atoms with Gasteiger partial charge >= 0.3 is 6.09 Å². The van der Waals surface area contributed by atoms with Crippen LogP contribution < -0.4 is 10.6 Å². The molecular formula is C33H43N3O5. The van der Waals surface area contributed by atoms with Crippen molar-refractivity contribution in [3.8, 4) is 0 Å². The Labute approximate surface area is 243 Å². The molecule has 41 heavy (non-hydrogen) atoms. The van der Waals surface area contributed by atoms with Gasteiger partial charge in [0.15, 0.2) is 0 Å². The first-order chi connectivity index (χ1) is 19.5. The Kier molecular flexibility index (Phi) is 11.3. The van der Waals surface area contributed by atoms with E-state index in [0.29, 0.717) is 17.7 Å². The molecule has 0 radical (unpaired) electrons. The van der Waals surface area contributed by atoms with E-state index in [1.54, 1.807) is 20.8 Å². The van der Waals surface area contributed by atoms with E-state index in [4.69, 9.17) is 4.74 Å². The molecule has 8 heteroatoms. The fourth-order valence-electron chi connectivity index (χ4n) is 4.61. The van der Waals surface area contributed by atoms with Crippen molar-refractivity contribution in [2.24, 2.45) is 0 Å². The van der Waals surface area contributed by atoms with Gasteiger partial charge in [0.1, 0.15) is 17.7 Å². The zero-order valence-corrected chi connectivity index (χ0v) is 24.8. The Hall–Kier alpha value is -3.91. The molecule has 0 heterocycles. The minimum Gasteiger partial charge on any atom is -0.444 e. The van der Waals surface area contributed by atoms with Gasteiger partial charge in [0.2, 0.25) is 5.91 Å². The standard InChI is InChI=1S/C33H43N3O5/c1-6-7-8-11-20-36(31(39)28(22-37)35-32(40)41-33(3,4)5)29(25-16-14-23(2)15-17-25)30(38)34-27-19-18-24-12-9-10-13-26(24)21-27/h9-10,12-19,21,28-29,37H,6-8,11,20,22H2,1-5H3,(H,34,38)(H,35,40). The fraction of sp³-hybridized carbons (Fsp3) is 0.424. The van der Waals surface area contributed by atoms with E-state index in [2.05, 4.69) is 17.6 Å². The summed E-state index contributed by atoms with van der Waals surface area (Å²) in [7, 11) is 0. The summed E-state index contributed by atoms with van der Waals surface area (Å²) in [5, 5.41) is 17.7. The summed E-state index contributed by atoms with van der Waals surface area (Å²) in [5.41, 5.74) is 1.47. The number of aliphatic hydroxyl groups is 1. The lowest BCUT2D eigenvalue weighted by atomic mass is 10.0. The van der Waals surface area contributed by atoms with Gasteiger partial charge < -0.3 is 25.4 Å². The lowest BCUT2D eigenvalue weighted by Crippen LogP contribution is -2.54. The van der Waals surface area contributed by atoms with Crippen LogP contribution in [0.5, 0.6) is 0 Å². The number of hydrogen-bond donors (Lipinski definition) is 3. The van der Waals surface area contributed by atoms with E-state index in [9.17, 15) is 19.5 Å². The Bertz CT molecular complexity index is 1320. The zero-order chi connectivity index (χ0) is 30.0. The number of ether oxygens (including phenoxy) is 1. The van der Waals surface area contributed by atoms with E-state index in [0.717, 1.165) is 35.6 Å². The van der Waals surface area contributed by atoms with Crippen molar-refractivity contribution in [1.82, 2.24) is 10.2 Å². The number of aliphatic hydroxyl groups excluding tert-OH is 1. The summed E-state index contributed by atoms with van der Waals surface area (Å²) >= 11 is 0. The molecule has 220 valence electrons. The van der Waals surface area contributed by atoms with Crippen LogP contribution in [0.25, 0.3) is 10.8 Å². The zero-order valence-electron chi connectivity index (χ0n) is 24.8. The highest BCUT2D eigenvalue weighted by Crippen LogP contribution is 2.27. The second kappa shape index (κ2) is 14.6. The number of carbonyl (C=O) groups excluding carboxylic acids is 3. The second-order valence-corrected chi connectivity index (χ2v) is 11.3. The minimum absolute atomic E-state index is 0.273. The molecule has 0 saturated carbocycles. The van der Waals surface area contributed by atoms with E-state index in [-0.39, 0.29) is 12.5 Å². The van der Waals surface area contributed by atoms with Crippen LogP contribution in [0.1, 0.15) is 70.5 Å². The van der Waals surface area contributed by atoms with Crippen LogP contribution in [0.4, 0.5) is 10.5 Å². The van der Waals surface area contributed by atoms with Gasteiger partial charge in [-0.25, -0.2) is 4.79 Å². The Morgan fingerprint density at radius 3 is 2.24 bits per heavy atom. The molecule has 3 rings (SSSR count). The number of carbonyl (C=O) groups is 3. The molecule has 3 aromatic rings. The Morgan fingerprint density at radius 1 is 0.927 bits per heavy atom. The number of rotatable bonds is 12. The maximum Gasteiger partial charge on any atom is 0.408 e. The third-order valence-electron chi connectivity index (χ3n) is 6.68. The summed E-state index contributed by atoms with van der Waals surface area (Å²) in [6, 6.07) is 18.7. The van der Waals surface area contributed by atoms with Gasteiger partial charge in [-0.15, -0.1) is 0 Å². The molecule has 2 unspecified atom stereocenters. The third kappa shape index (κ3) is 9.32. The maximum absolute atomic E-state index is 14.0. The van der Waals surface area contributed by atoms with Crippen molar-refractivity contribution in [3.05, 3.63) is 77.9 Å². The van der Waals surface area contributed by atoms with Gasteiger partial charge in [0.25, 0.3) is 5.91 Å². The number of anilines is 1. The first-order valence-electron chi connectivity index (χ1n) is 14.3. The molecule has 3 amide bonds. The quantitative estimate of drug-likeness (QED) is 0.231. The van der Waals surface area contributed by atoms with Crippen molar-refractivity contribution < 1.29 is 24.2 Å². The molecule has 0 aliphatic carbocycles. The lowest BCUT2D eigenvalue weighted by molar-refractivity contribution is -0.141. The number of unbranched alkanes of at least 4 members (excludes halogenated alkanes) is 3. The van der Waals surface area contributed by atoms with Crippen LogP contribution in [0.15, 0.2) is 66.7 Å². The van der Waals surface area contributed by atoms with Crippen molar-refractivity contribution >= 4 is 34.4 Å². The molecule has 3 N–H and O–H groups in total. The summed E-state index contributed by atoms with van der Waals surface area (Å²) in [6.07, 6.45) is 2.72. The SMILES string of the molecule is CCCCCCN(C(=O)C(CO)NC(=O)OC(C)(C)C)C(C(=O)Nc1ccc2ccccc2c1)c1ccc(C)cc1. The van der Waals surface area contributed by atoms with Gasteiger partial charge in [0.05, 0.1) is 6.61 Å². The van der Waals surface area contributed by atoms with E-state index in [1.807, 2.05) is 73.7 Å². The molecule has 2 atom stereocenters. The number of nitrogens with zero attached hydrogens (tertiary/aromatic N) is 1. The summed E-state index contributed by atoms with van der Waals surface area (Å²) in [6.45, 7) is 8.83. The number of fused-ring (bicyclic) bond motifs is 1. The molecule has 0 aliphatic heterocycles. The first kappa shape index (κ1) is 31.6.